The van der Waals surface area contributed by atoms with Crippen molar-refractivity contribution >= 4 is 0 Å². The van der Waals surface area contributed by atoms with Crippen molar-refractivity contribution in [2.75, 3.05) is 7.11 Å². The highest BCUT2D eigenvalue weighted by molar-refractivity contribution is 5.41. The Kier molecular flexibility index (Phi) is 3.65. The van der Waals surface area contributed by atoms with Crippen LogP contribution in [0.15, 0.2) is 53.3 Å². The van der Waals surface area contributed by atoms with E-state index in [1.165, 1.54) is 4.57 Å². The van der Waals surface area contributed by atoms with Crippen molar-refractivity contribution in [3.63, 3.8) is 0 Å². The van der Waals surface area contributed by atoms with Crippen LogP contribution in [0.2, 0.25) is 0 Å². The lowest BCUT2D eigenvalue weighted by Crippen LogP contribution is -2.15. The van der Waals surface area contributed by atoms with Gasteiger partial charge < -0.3 is 9.47 Å². The minimum atomic E-state index is -0.265. The Labute approximate surface area is 126 Å². The highest BCUT2D eigenvalue weighted by Crippen LogP contribution is 2.25. The van der Waals surface area contributed by atoms with Crippen LogP contribution in [0.25, 0.3) is 5.69 Å². The molecule has 0 bridgehead atoms. The summed E-state index contributed by atoms with van der Waals surface area (Å²) < 4.78 is 12.4. The first-order valence-corrected chi connectivity index (χ1v) is 6.74. The van der Waals surface area contributed by atoms with E-state index < -0.39 is 0 Å². The molecule has 0 aliphatic rings. The molecule has 22 heavy (non-hydrogen) atoms. The van der Waals surface area contributed by atoms with Gasteiger partial charge in [-0.3, -0.25) is 0 Å². The first kappa shape index (κ1) is 13.9. The van der Waals surface area contributed by atoms with E-state index in [0.717, 1.165) is 11.4 Å². The molecule has 0 unspecified atom stereocenters. The first-order valence-electron chi connectivity index (χ1n) is 6.74. The van der Waals surface area contributed by atoms with Crippen LogP contribution in [-0.2, 0) is 0 Å². The van der Waals surface area contributed by atoms with Crippen molar-refractivity contribution in [2.45, 2.75) is 6.92 Å². The second-order valence-electron chi connectivity index (χ2n) is 4.69. The summed E-state index contributed by atoms with van der Waals surface area (Å²) in [5, 5.41) is 6.30. The smallest absolute Gasteiger partial charge is 0.347 e. The topological polar surface area (TPSA) is 69.1 Å². The van der Waals surface area contributed by atoms with Crippen LogP contribution in [0.4, 0.5) is 0 Å². The molecule has 0 atom stereocenters. The number of methoxy groups -OCH3 is 1. The van der Waals surface area contributed by atoms with Crippen molar-refractivity contribution in [1.82, 2.24) is 14.8 Å². The van der Waals surface area contributed by atoms with E-state index in [2.05, 4.69) is 10.2 Å². The summed E-state index contributed by atoms with van der Waals surface area (Å²) >= 11 is 0. The minimum Gasteiger partial charge on any atom is -0.497 e. The SMILES string of the molecule is COc1cccc(Oc2ccc(-n3c(C)n[nH]c3=O)cc2)c1. The molecule has 0 radical (unpaired) electrons. The molecule has 0 aliphatic heterocycles. The summed E-state index contributed by atoms with van der Waals surface area (Å²) in [6.07, 6.45) is 0. The predicted molar refractivity (Wildman–Crippen MR) is 82.0 cm³/mol. The molecule has 0 spiro atoms. The summed E-state index contributed by atoms with van der Waals surface area (Å²) in [7, 11) is 1.61. The molecule has 6 heteroatoms. The molecule has 1 heterocycles. The quantitative estimate of drug-likeness (QED) is 0.804. The molecule has 1 aromatic heterocycles. The highest BCUT2D eigenvalue weighted by atomic mass is 16.5. The van der Waals surface area contributed by atoms with E-state index in [1.54, 1.807) is 44.4 Å². The lowest BCUT2D eigenvalue weighted by molar-refractivity contribution is 0.409. The lowest BCUT2D eigenvalue weighted by Gasteiger charge is -2.08. The molecule has 0 aliphatic carbocycles. The Morgan fingerprint density at radius 1 is 1.05 bits per heavy atom. The van der Waals surface area contributed by atoms with Gasteiger partial charge in [0.25, 0.3) is 0 Å². The zero-order chi connectivity index (χ0) is 15.5. The monoisotopic (exact) mass is 297 g/mol. The van der Waals surface area contributed by atoms with Gasteiger partial charge in [0.1, 0.15) is 23.1 Å². The van der Waals surface area contributed by atoms with E-state index in [4.69, 9.17) is 9.47 Å². The molecule has 0 amide bonds. The normalized spacial score (nSPS) is 10.5. The van der Waals surface area contributed by atoms with E-state index in [1.807, 2.05) is 18.2 Å². The summed E-state index contributed by atoms with van der Waals surface area (Å²) in [4.78, 5) is 11.7. The molecular formula is C16H15N3O3. The number of hydrogen-bond acceptors (Lipinski definition) is 4. The number of nitrogens with zero attached hydrogens (tertiary/aromatic N) is 2. The van der Waals surface area contributed by atoms with Gasteiger partial charge in [-0.1, -0.05) is 6.07 Å². The van der Waals surface area contributed by atoms with Gasteiger partial charge in [0.15, 0.2) is 0 Å². The molecular weight excluding hydrogens is 282 g/mol. The number of nitrogens with one attached hydrogen (secondary N) is 1. The molecule has 3 rings (SSSR count). The van der Waals surface area contributed by atoms with Crippen LogP contribution in [0.5, 0.6) is 17.2 Å². The van der Waals surface area contributed by atoms with Crippen molar-refractivity contribution in [1.29, 1.82) is 0 Å². The number of aryl methyl sites for hydroxylation is 1. The Morgan fingerprint density at radius 2 is 1.77 bits per heavy atom. The Bertz CT molecular complexity index is 834. The van der Waals surface area contributed by atoms with Gasteiger partial charge in [-0.25, -0.2) is 14.5 Å². The minimum absolute atomic E-state index is 0.265. The number of rotatable bonds is 4. The van der Waals surface area contributed by atoms with Gasteiger partial charge in [-0.15, -0.1) is 0 Å². The van der Waals surface area contributed by atoms with Crippen LogP contribution in [-0.4, -0.2) is 21.9 Å². The average Bonchev–Trinajstić information content (AvgIpc) is 2.87. The number of H-pyrrole nitrogens is 1. The number of aromatic nitrogens is 3. The van der Waals surface area contributed by atoms with Crippen LogP contribution < -0.4 is 15.2 Å². The molecule has 0 fully saturated rings. The maximum atomic E-state index is 11.7. The number of ether oxygens (including phenoxy) is 2. The average molecular weight is 297 g/mol. The zero-order valence-corrected chi connectivity index (χ0v) is 12.2. The molecule has 0 saturated carbocycles. The number of aromatic amines is 1. The van der Waals surface area contributed by atoms with Gasteiger partial charge in [0.2, 0.25) is 0 Å². The molecule has 1 N–H and O–H groups in total. The van der Waals surface area contributed by atoms with E-state index in [9.17, 15) is 4.79 Å². The second-order valence-corrected chi connectivity index (χ2v) is 4.69. The third-order valence-electron chi connectivity index (χ3n) is 3.21. The highest BCUT2D eigenvalue weighted by Gasteiger charge is 2.06. The summed E-state index contributed by atoms with van der Waals surface area (Å²) in [5.74, 6) is 2.69. The van der Waals surface area contributed by atoms with Crippen molar-refractivity contribution in [3.8, 4) is 22.9 Å². The summed E-state index contributed by atoms with van der Waals surface area (Å²) in [6.45, 7) is 1.76. The Morgan fingerprint density at radius 3 is 2.41 bits per heavy atom. The van der Waals surface area contributed by atoms with Crippen LogP contribution >= 0.6 is 0 Å². The van der Waals surface area contributed by atoms with Gasteiger partial charge in [0, 0.05) is 6.07 Å². The van der Waals surface area contributed by atoms with Gasteiger partial charge >= 0.3 is 5.69 Å². The second kappa shape index (κ2) is 5.77. The number of hydrogen-bond donors (Lipinski definition) is 1. The third-order valence-corrected chi connectivity index (χ3v) is 3.21. The van der Waals surface area contributed by atoms with Crippen molar-refractivity contribution in [3.05, 3.63) is 64.8 Å². The zero-order valence-electron chi connectivity index (χ0n) is 12.2. The maximum Gasteiger partial charge on any atom is 0.347 e. The van der Waals surface area contributed by atoms with Crippen molar-refractivity contribution in [2.24, 2.45) is 0 Å². The molecule has 2 aromatic carbocycles. The molecule has 0 saturated heterocycles. The Hall–Kier alpha value is -3.02. The van der Waals surface area contributed by atoms with E-state index >= 15 is 0 Å². The van der Waals surface area contributed by atoms with Gasteiger partial charge in [-0.2, -0.15) is 5.10 Å². The fourth-order valence-electron chi connectivity index (χ4n) is 2.14. The fraction of sp³-hybridized carbons (Fsp3) is 0.125. The molecule has 112 valence electrons. The van der Waals surface area contributed by atoms with Crippen LogP contribution in [0.1, 0.15) is 5.82 Å². The maximum absolute atomic E-state index is 11.7. The van der Waals surface area contributed by atoms with E-state index in [0.29, 0.717) is 17.3 Å². The molecule has 6 nitrogen and oxygen atoms in total. The first-order chi connectivity index (χ1) is 10.7. The number of benzene rings is 2. The van der Waals surface area contributed by atoms with Gasteiger partial charge in [-0.05, 0) is 43.3 Å². The standard InChI is InChI=1S/C16H15N3O3/c1-11-17-18-16(20)19(11)12-6-8-13(9-7-12)22-15-5-3-4-14(10-15)21-2/h3-10H,1-2H3,(H,18,20). The lowest BCUT2D eigenvalue weighted by atomic mass is 10.3. The third kappa shape index (κ3) is 2.71. The van der Waals surface area contributed by atoms with Crippen LogP contribution in [0.3, 0.4) is 0 Å². The van der Waals surface area contributed by atoms with Crippen LogP contribution in [0, 0.1) is 6.92 Å². The van der Waals surface area contributed by atoms with Gasteiger partial charge in [0.05, 0.1) is 12.8 Å². The van der Waals surface area contributed by atoms with E-state index in [-0.39, 0.29) is 5.69 Å². The summed E-state index contributed by atoms with van der Waals surface area (Å²) in [6, 6.07) is 14.6. The Balaban J connectivity index is 1.84. The predicted octanol–water partition coefficient (Wildman–Crippen LogP) is 2.67. The largest absolute Gasteiger partial charge is 0.497 e. The molecule has 3 aromatic rings. The van der Waals surface area contributed by atoms with Crippen molar-refractivity contribution < 1.29 is 9.47 Å². The fourth-order valence-corrected chi connectivity index (χ4v) is 2.14. The summed E-state index contributed by atoms with van der Waals surface area (Å²) in [5.41, 5.74) is 0.466.